The Morgan fingerprint density at radius 2 is 2.03 bits per heavy atom. The van der Waals surface area contributed by atoms with Gasteiger partial charge in [0.15, 0.2) is 0 Å². The van der Waals surface area contributed by atoms with Gasteiger partial charge in [0.25, 0.3) is 5.91 Å². The van der Waals surface area contributed by atoms with Gasteiger partial charge in [0.05, 0.1) is 38.0 Å². The molecule has 0 aromatic heterocycles. The van der Waals surface area contributed by atoms with E-state index in [0.717, 1.165) is 11.0 Å². The third-order valence-electron chi connectivity index (χ3n) is 6.83. The molecule has 0 bridgehead atoms. The molecular weight excluding hydrogens is 431 g/mol. The highest BCUT2D eigenvalue weighted by Gasteiger charge is 2.72. The number of fused-ring (bicyclic) bond motifs is 5. The molecule has 3 amide bonds. The Morgan fingerprint density at radius 1 is 1.24 bits per heavy atom. The average Bonchev–Trinajstić information content (AvgIpc) is 3.18. The summed E-state index contributed by atoms with van der Waals surface area (Å²) in [6.07, 6.45) is 0. The normalized spacial score (nSPS) is 27.6. The number of hydrogen-bond donors (Lipinski definition) is 0. The molecule has 0 unspecified atom stereocenters. The van der Waals surface area contributed by atoms with E-state index in [9.17, 15) is 18.8 Å². The van der Waals surface area contributed by atoms with Gasteiger partial charge in [0.1, 0.15) is 22.9 Å². The quantitative estimate of drug-likeness (QED) is 0.521. The monoisotopic (exact) mass is 454 g/mol. The fraction of sp³-hybridized carbons (Fsp3) is 0.375. The van der Waals surface area contributed by atoms with Crippen molar-refractivity contribution >= 4 is 23.6 Å². The predicted octanol–water partition coefficient (Wildman–Crippen LogP) is 3.30. The van der Waals surface area contributed by atoms with Gasteiger partial charge in [0.2, 0.25) is 0 Å². The van der Waals surface area contributed by atoms with Crippen LogP contribution in [0.1, 0.15) is 25.5 Å². The molecule has 8 nitrogen and oxygen atoms in total. The van der Waals surface area contributed by atoms with Gasteiger partial charge in [0, 0.05) is 17.5 Å². The maximum absolute atomic E-state index is 13.9. The summed E-state index contributed by atoms with van der Waals surface area (Å²) >= 11 is 0. The number of rotatable bonds is 4. The minimum Gasteiger partial charge on any atom is -0.497 e. The zero-order valence-electron chi connectivity index (χ0n) is 18.4. The van der Waals surface area contributed by atoms with E-state index in [1.807, 2.05) is 0 Å². The van der Waals surface area contributed by atoms with Crippen molar-refractivity contribution in [3.63, 3.8) is 0 Å². The van der Waals surface area contributed by atoms with Crippen LogP contribution in [0.15, 0.2) is 42.5 Å². The molecule has 5 rings (SSSR count). The van der Waals surface area contributed by atoms with Crippen LogP contribution in [0, 0.1) is 17.7 Å². The van der Waals surface area contributed by atoms with Gasteiger partial charge in [-0.1, -0.05) is 6.07 Å². The molecule has 3 heterocycles. The van der Waals surface area contributed by atoms with Gasteiger partial charge in [-0.25, -0.2) is 14.1 Å². The van der Waals surface area contributed by atoms with Crippen LogP contribution in [0.3, 0.4) is 0 Å². The minimum atomic E-state index is -1.52. The van der Waals surface area contributed by atoms with Gasteiger partial charge in [-0.15, -0.1) is 0 Å². The van der Waals surface area contributed by atoms with Crippen molar-refractivity contribution in [2.45, 2.75) is 25.4 Å². The number of esters is 1. The van der Waals surface area contributed by atoms with Crippen molar-refractivity contribution in [2.24, 2.45) is 11.8 Å². The van der Waals surface area contributed by atoms with Gasteiger partial charge in [-0.2, -0.15) is 0 Å². The first-order chi connectivity index (χ1) is 15.8. The first-order valence-electron chi connectivity index (χ1n) is 10.7. The number of anilines is 1. The lowest BCUT2D eigenvalue weighted by Crippen LogP contribution is -2.51. The second-order valence-corrected chi connectivity index (χ2v) is 8.47. The number of carbonyl (C=O) groups excluding carboxylic acids is 3. The predicted molar refractivity (Wildman–Crippen MR) is 114 cm³/mol. The Balaban J connectivity index is 1.68. The third-order valence-corrected chi connectivity index (χ3v) is 6.83. The van der Waals surface area contributed by atoms with Crippen molar-refractivity contribution in [1.29, 1.82) is 0 Å². The third kappa shape index (κ3) is 2.84. The number of hydrogen-bond acceptors (Lipinski definition) is 6. The first-order valence-corrected chi connectivity index (χ1v) is 10.7. The Hall–Kier alpha value is -3.62. The van der Waals surface area contributed by atoms with E-state index in [0.29, 0.717) is 17.1 Å². The van der Waals surface area contributed by atoms with E-state index < -0.39 is 47.1 Å². The molecule has 4 atom stereocenters. The number of benzene rings is 2. The number of carbonyl (C=O) groups is 3. The van der Waals surface area contributed by atoms with E-state index in [-0.39, 0.29) is 18.9 Å². The molecule has 2 saturated heterocycles. The van der Waals surface area contributed by atoms with E-state index >= 15 is 0 Å². The van der Waals surface area contributed by atoms with Gasteiger partial charge >= 0.3 is 12.0 Å². The average molecular weight is 454 g/mol. The first kappa shape index (κ1) is 21.2. The van der Waals surface area contributed by atoms with Crippen molar-refractivity contribution in [3.05, 3.63) is 53.8 Å². The van der Waals surface area contributed by atoms with Crippen molar-refractivity contribution in [2.75, 3.05) is 25.2 Å². The second-order valence-electron chi connectivity index (χ2n) is 8.47. The molecular formula is C24H23FN2O6. The Kier molecular flexibility index (Phi) is 4.81. The maximum Gasteiger partial charge on any atom is 0.332 e. The van der Waals surface area contributed by atoms with E-state index in [2.05, 4.69) is 0 Å². The molecule has 33 heavy (non-hydrogen) atoms. The van der Waals surface area contributed by atoms with Crippen molar-refractivity contribution in [3.8, 4) is 11.5 Å². The summed E-state index contributed by atoms with van der Waals surface area (Å²) in [4.78, 5) is 43.0. The van der Waals surface area contributed by atoms with E-state index in [4.69, 9.17) is 14.2 Å². The number of halogens is 1. The molecule has 2 fully saturated rings. The van der Waals surface area contributed by atoms with Crippen LogP contribution in [0.2, 0.25) is 0 Å². The van der Waals surface area contributed by atoms with Crippen LogP contribution in [0.25, 0.3) is 0 Å². The highest BCUT2D eigenvalue weighted by molar-refractivity contribution is 6.24. The standard InChI is InChI=1S/C24H23FN2O6/c1-4-32-21(28)19-17-12-33-18-11-15(31-3)8-9-16(18)20(17)27-23(30)26(22(29)24(19,27)2)14-7-5-6-13(25)10-14/h5-11,17,19-20H,4,12H2,1-3H3/t17-,19+,20-,24+/m1/s1. The van der Waals surface area contributed by atoms with E-state index in [1.54, 1.807) is 32.0 Å². The summed E-state index contributed by atoms with van der Waals surface area (Å²) in [7, 11) is 1.54. The van der Waals surface area contributed by atoms with Gasteiger partial charge < -0.3 is 19.1 Å². The smallest absolute Gasteiger partial charge is 0.332 e. The van der Waals surface area contributed by atoms with Crippen LogP contribution in [0.4, 0.5) is 14.9 Å². The number of methoxy groups -OCH3 is 1. The number of amides is 3. The summed E-state index contributed by atoms with van der Waals surface area (Å²) in [6.45, 7) is 3.52. The molecule has 0 radical (unpaired) electrons. The molecule has 9 heteroatoms. The molecule has 0 spiro atoms. The molecule has 172 valence electrons. The van der Waals surface area contributed by atoms with Crippen LogP contribution < -0.4 is 14.4 Å². The summed E-state index contributed by atoms with van der Waals surface area (Å²) in [5.74, 6) is -2.08. The van der Waals surface area contributed by atoms with Gasteiger partial charge in [-0.3, -0.25) is 9.59 Å². The Labute approximate surface area is 189 Å². The minimum absolute atomic E-state index is 0.113. The van der Waals surface area contributed by atoms with Gasteiger partial charge in [-0.05, 0) is 44.2 Å². The molecule has 0 saturated carbocycles. The molecule has 2 aromatic carbocycles. The Bertz CT molecular complexity index is 1170. The largest absolute Gasteiger partial charge is 0.497 e. The summed E-state index contributed by atoms with van der Waals surface area (Å²) < 4.78 is 30.5. The molecule has 2 aromatic rings. The fourth-order valence-electron chi connectivity index (χ4n) is 5.44. The topological polar surface area (TPSA) is 85.4 Å². The second kappa shape index (κ2) is 7.47. The number of ether oxygens (including phenoxy) is 3. The highest BCUT2D eigenvalue weighted by atomic mass is 19.1. The SMILES string of the molecule is CCOC(=O)[C@@H]1[C@H]2COc3cc(OC)ccc3[C@H]2N2C(=O)N(c3cccc(F)c3)C(=O)[C@]12C. The zero-order chi connectivity index (χ0) is 23.5. The van der Waals surface area contributed by atoms with Crippen LogP contribution in [-0.4, -0.2) is 48.7 Å². The van der Waals surface area contributed by atoms with Crippen molar-refractivity contribution in [1.82, 2.24) is 4.90 Å². The van der Waals surface area contributed by atoms with E-state index in [1.165, 1.54) is 30.2 Å². The zero-order valence-corrected chi connectivity index (χ0v) is 18.4. The summed E-state index contributed by atoms with van der Waals surface area (Å²) in [5.41, 5.74) is -0.732. The molecule has 0 aliphatic carbocycles. The Morgan fingerprint density at radius 3 is 2.73 bits per heavy atom. The fourth-order valence-corrected chi connectivity index (χ4v) is 5.44. The lowest BCUT2D eigenvalue weighted by molar-refractivity contribution is -0.154. The lowest BCUT2D eigenvalue weighted by Gasteiger charge is -2.34. The summed E-state index contributed by atoms with van der Waals surface area (Å²) in [5, 5.41) is 0. The van der Waals surface area contributed by atoms with Crippen LogP contribution >= 0.6 is 0 Å². The molecule has 3 aliphatic rings. The molecule has 0 N–H and O–H groups in total. The van der Waals surface area contributed by atoms with Crippen molar-refractivity contribution < 1.29 is 33.0 Å². The van der Waals surface area contributed by atoms with Crippen LogP contribution in [-0.2, 0) is 14.3 Å². The van der Waals surface area contributed by atoms with Crippen LogP contribution in [0.5, 0.6) is 11.5 Å². The summed E-state index contributed by atoms with van der Waals surface area (Å²) in [6, 6.07) is 9.30. The lowest BCUT2D eigenvalue weighted by atomic mass is 9.77. The number of nitrogens with zero attached hydrogens (tertiary/aromatic N) is 2. The number of imide groups is 1. The molecule has 3 aliphatic heterocycles. The maximum atomic E-state index is 13.9. The highest BCUT2D eigenvalue weighted by Crippen LogP contribution is 2.58. The number of urea groups is 1.